The molecule has 0 bridgehead atoms. The molecular weight excluding hydrogens is 228 g/mol. The molecule has 1 amide bonds. The van der Waals surface area contributed by atoms with Gasteiger partial charge in [0.25, 0.3) is 5.91 Å². The van der Waals surface area contributed by atoms with E-state index in [9.17, 15) is 4.79 Å². The van der Waals surface area contributed by atoms with Crippen LogP contribution >= 0.6 is 0 Å². The van der Waals surface area contributed by atoms with E-state index < -0.39 is 0 Å². The first kappa shape index (κ1) is 14.4. The molecule has 0 aliphatic heterocycles. The van der Waals surface area contributed by atoms with Crippen molar-refractivity contribution < 1.29 is 9.53 Å². The van der Waals surface area contributed by atoms with Gasteiger partial charge < -0.3 is 14.5 Å². The molecule has 0 spiro atoms. The van der Waals surface area contributed by atoms with Gasteiger partial charge in [0, 0.05) is 38.9 Å². The van der Waals surface area contributed by atoms with E-state index in [0.717, 1.165) is 24.5 Å². The summed E-state index contributed by atoms with van der Waals surface area (Å²) >= 11 is 0. The molecule has 1 rings (SSSR count). The summed E-state index contributed by atoms with van der Waals surface area (Å²) in [6, 6.07) is 7.71. The highest BCUT2D eigenvalue weighted by molar-refractivity contribution is 5.77. The van der Waals surface area contributed by atoms with Gasteiger partial charge in [-0.25, -0.2) is 0 Å². The molecule has 4 heteroatoms. The van der Waals surface area contributed by atoms with E-state index in [4.69, 9.17) is 4.74 Å². The Morgan fingerprint density at radius 2 is 1.89 bits per heavy atom. The minimum Gasteiger partial charge on any atom is -0.484 e. The maximum absolute atomic E-state index is 11.8. The lowest BCUT2D eigenvalue weighted by Gasteiger charge is -2.19. The SMILES string of the molecule is CCN(CC)C(=O)COc1cccc(N(C)C)c1. The fourth-order valence-corrected chi connectivity index (χ4v) is 1.66. The Morgan fingerprint density at radius 3 is 2.44 bits per heavy atom. The number of amides is 1. The van der Waals surface area contributed by atoms with Gasteiger partial charge in [-0.1, -0.05) is 6.07 Å². The zero-order valence-electron chi connectivity index (χ0n) is 11.6. The van der Waals surface area contributed by atoms with E-state index in [0.29, 0.717) is 0 Å². The second kappa shape index (κ2) is 6.89. The molecule has 0 saturated heterocycles. The van der Waals surface area contributed by atoms with Gasteiger partial charge in [-0.3, -0.25) is 4.79 Å². The van der Waals surface area contributed by atoms with Crippen LogP contribution in [0.1, 0.15) is 13.8 Å². The summed E-state index contributed by atoms with van der Waals surface area (Å²) in [6.45, 7) is 5.47. The summed E-state index contributed by atoms with van der Waals surface area (Å²) in [5, 5.41) is 0. The van der Waals surface area contributed by atoms with Crippen LogP contribution in [0.2, 0.25) is 0 Å². The Balaban J connectivity index is 2.58. The Bertz CT molecular complexity index is 387. The predicted molar refractivity (Wildman–Crippen MR) is 74.2 cm³/mol. The van der Waals surface area contributed by atoms with Crippen LogP contribution in [0.4, 0.5) is 5.69 Å². The topological polar surface area (TPSA) is 32.8 Å². The number of ether oxygens (including phenoxy) is 1. The Morgan fingerprint density at radius 1 is 1.22 bits per heavy atom. The van der Waals surface area contributed by atoms with Crippen LogP contribution in [-0.2, 0) is 4.79 Å². The molecule has 0 unspecified atom stereocenters. The molecule has 0 N–H and O–H groups in total. The largest absolute Gasteiger partial charge is 0.484 e. The number of carbonyl (C=O) groups is 1. The van der Waals surface area contributed by atoms with Gasteiger partial charge in [-0.2, -0.15) is 0 Å². The number of anilines is 1. The number of carbonyl (C=O) groups excluding carboxylic acids is 1. The van der Waals surface area contributed by atoms with Gasteiger partial charge in [-0.05, 0) is 26.0 Å². The van der Waals surface area contributed by atoms with Crippen molar-refractivity contribution >= 4 is 11.6 Å². The van der Waals surface area contributed by atoms with Crippen molar-refractivity contribution in [2.75, 3.05) is 38.7 Å². The normalized spacial score (nSPS) is 10.0. The number of hydrogen-bond donors (Lipinski definition) is 0. The Labute approximate surface area is 109 Å². The monoisotopic (exact) mass is 250 g/mol. The molecule has 4 nitrogen and oxygen atoms in total. The highest BCUT2D eigenvalue weighted by atomic mass is 16.5. The van der Waals surface area contributed by atoms with Crippen molar-refractivity contribution in [2.45, 2.75) is 13.8 Å². The molecule has 0 saturated carbocycles. The summed E-state index contributed by atoms with van der Waals surface area (Å²) in [4.78, 5) is 15.5. The number of benzene rings is 1. The lowest BCUT2D eigenvalue weighted by molar-refractivity contribution is -0.132. The lowest BCUT2D eigenvalue weighted by Crippen LogP contribution is -2.34. The van der Waals surface area contributed by atoms with Crippen molar-refractivity contribution in [3.8, 4) is 5.75 Å². The fourth-order valence-electron chi connectivity index (χ4n) is 1.66. The zero-order chi connectivity index (χ0) is 13.5. The minimum absolute atomic E-state index is 0.0234. The first-order chi connectivity index (χ1) is 8.58. The summed E-state index contributed by atoms with van der Waals surface area (Å²) < 4.78 is 5.53. The molecule has 0 radical (unpaired) electrons. The molecule has 0 atom stereocenters. The van der Waals surface area contributed by atoms with Crippen LogP contribution in [0.25, 0.3) is 0 Å². The number of hydrogen-bond acceptors (Lipinski definition) is 3. The summed E-state index contributed by atoms with van der Waals surface area (Å²) in [5.74, 6) is 0.747. The van der Waals surface area contributed by atoms with Crippen LogP contribution in [0, 0.1) is 0 Å². The van der Waals surface area contributed by atoms with Crippen molar-refractivity contribution in [1.29, 1.82) is 0 Å². The molecule has 0 aromatic heterocycles. The second-order valence-electron chi connectivity index (χ2n) is 4.25. The third-order valence-corrected chi connectivity index (χ3v) is 2.81. The molecule has 0 heterocycles. The van der Waals surface area contributed by atoms with Gasteiger partial charge in [0.2, 0.25) is 0 Å². The second-order valence-corrected chi connectivity index (χ2v) is 4.25. The van der Waals surface area contributed by atoms with E-state index in [1.807, 2.05) is 57.1 Å². The third-order valence-electron chi connectivity index (χ3n) is 2.81. The first-order valence-corrected chi connectivity index (χ1v) is 6.26. The van der Waals surface area contributed by atoms with Crippen molar-refractivity contribution in [3.63, 3.8) is 0 Å². The maximum atomic E-state index is 11.8. The van der Waals surface area contributed by atoms with Gasteiger partial charge in [0.05, 0.1) is 0 Å². The molecule has 100 valence electrons. The van der Waals surface area contributed by atoms with Crippen molar-refractivity contribution in [2.24, 2.45) is 0 Å². The van der Waals surface area contributed by atoms with Crippen LogP contribution in [0.5, 0.6) is 5.75 Å². The predicted octanol–water partition coefficient (Wildman–Crippen LogP) is 2.00. The number of nitrogens with zero attached hydrogens (tertiary/aromatic N) is 2. The van der Waals surface area contributed by atoms with E-state index >= 15 is 0 Å². The molecule has 18 heavy (non-hydrogen) atoms. The number of likely N-dealkylation sites (N-methyl/N-ethyl adjacent to an activating group) is 1. The molecule has 0 fully saturated rings. The fraction of sp³-hybridized carbons (Fsp3) is 0.500. The Hall–Kier alpha value is -1.71. The van der Waals surface area contributed by atoms with E-state index in [1.165, 1.54) is 0 Å². The first-order valence-electron chi connectivity index (χ1n) is 6.26. The van der Waals surface area contributed by atoms with Gasteiger partial charge >= 0.3 is 0 Å². The summed E-state index contributed by atoms with van der Waals surface area (Å²) in [7, 11) is 3.94. The van der Waals surface area contributed by atoms with Crippen molar-refractivity contribution in [1.82, 2.24) is 4.90 Å². The average Bonchev–Trinajstić information content (AvgIpc) is 2.38. The quantitative estimate of drug-likeness (QED) is 0.774. The maximum Gasteiger partial charge on any atom is 0.260 e. The third kappa shape index (κ3) is 3.95. The van der Waals surface area contributed by atoms with Gasteiger partial charge in [0.1, 0.15) is 5.75 Å². The summed E-state index contributed by atoms with van der Waals surface area (Å²) in [6.07, 6.45) is 0. The molecule has 0 aliphatic rings. The average molecular weight is 250 g/mol. The standard InChI is InChI=1S/C14H22N2O2/c1-5-16(6-2)14(17)11-18-13-9-7-8-12(10-13)15(3)4/h7-10H,5-6,11H2,1-4H3. The molecule has 1 aromatic rings. The molecular formula is C14H22N2O2. The molecule has 1 aromatic carbocycles. The van der Waals surface area contributed by atoms with E-state index in [2.05, 4.69) is 0 Å². The van der Waals surface area contributed by atoms with Crippen LogP contribution < -0.4 is 9.64 Å². The Kier molecular flexibility index (Phi) is 5.49. The van der Waals surface area contributed by atoms with Crippen molar-refractivity contribution in [3.05, 3.63) is 24.3 Å². The highest BCUT2D eigenvalue weighted by Crippen LogP contribution is 2.19. The highest BCUT2D eigenvalue weighted by Gasteiger charge is 2.10. The zero-order valence-corrected chi connectivity index (χ0v) is 11.6. The van der Waals surface area contributed by atoms with E-state index in [-0.39, 0.29) is 12.5 Å². The van der Waals surface area contributed by atoms with Crippen LogP contribution in [0.3, 0.4) is 0 Å². The van der Waals surface area contributed by atoms with Gasteiger partial charge in [0.15, 0.2) is 6.61 Å². The number of rotatable bonds is 6. The van der Waals surface area contributed by atoms with E-state index in [1.54, 1.807) is 4.90 Å². The minimum atomic E-state index is 0.0234. The lowest BCUT2D eigenvalue weighted by atomic mass is 10.3. The van der Waals surface area contributed by atoms with Crippen LogP contribution in [0.15, 0.2) is 24.3 Å². The van der Waals surface area contributed by atoms with Gasteiger partial charge in [-0.15, -0.1) is 0 Å². The van der Waals surface area contributed by atoms with Crippen LogP contribution in [-0.4, -0.2) is 44.6 Å². The molecule has 0 aliphatic carbocycles. The smallest absolute Gasteiger partial charge is 0.260 e. The summed E-state index contributed by atoms with van der Waals surface area (Å²) in [5.41, 5.74) is 1.06.